The van der Waals surface area contributed by atoms with Gasteiger partial charge in [0.15, 0.2) is 0 Å². The van der Waals surface area contributed by atoms with Crippen molar-refractivity contribution in [2.75, 3.05) is 33.7 Å². The fourth-order valence-electron chi connectivity index (χ4n) is 3.14. The number of carbonyl (C=O) groups is 1. The van der Waals surface area contributed by atoms with Gasteiger partial charge < -0.3 is 9.80 Å². The molecular formula is C17H27N3O. The van der Waals surface area contributed by atoms with E-state index in [1.165, 1.54) is 5.56 Å². The summed E-state index contributed by atoms with van der Waals surface area (Å²) in [6.07, 6.45) is 1.07. The number of carbonyl (C=O) groups excluding carboxylic acids is 1. The van der Waals surface area contributed by atoms with Crippen LogP contribution < -0.4 is 0 Å². The fourth-order valence-corrected chi connectivity index (χ4v) is 3.14. The van der Waals surface area contributed by atoms with E-state index in [1.54, 1.807) is 4.90 Å². The average molecular weight is 289 g/mol. The Morgan fingerprint density at radius 2 is 1.71 bits per heavy atom. The molecule has 2 atom stereocenters. The SMILES string of the molecule is CC1CN(C(=O)N(C)C)CC(C)N1CCc1ccccc1. The molecule has 1 heterocycles. The highest BCUT2D eigenvalue weighted by Crippen LogP contribution is 2.17. The van der Waals surface area contributed by atoms with Gasteiger partial charge in [-0.15, -0.1) is 0 Å². The number of benzene rings is 1. The lowest BCUT2D eigenvalue weighted by atomic mass is 10.1. The van der Waals surface area contributed by atoms with Crippen molar-refractivity contribution in [2.24, 2.45) is 0 Å². The monoisotopic (exact) mass is 289 g/mol. The number of piperazine rings is 1. The normalized spacial score (nSPS) is 23.1. The quantitative estimate of drug-likeness (QED) is 0.854. The molecule has 2 rings (SSSR count). The summed E-state index contributed by atoms with van der Waals surface area (Å²) in [4.78, 5) is 18.3. The van der Waals surface area contributed by atoms with Gasteiger partial charge in [0.25, 0.3) is 0 Å². The van der Waals surface area contributed by atoms with Crippen LogP contribution in [0.25, 0.3) is 0 Å². The molecule has 0 spiro atoms. The Kier molecular flexibility index (Phi) is 5.23. The van der Waals surface area contributed by atoms with Crippen LogP contribution in [0.4, 0.5) is 4.79 Å². The van der Waals surface area contributed by atoms with E-state index in [2.05, 4.69) is 49.1 Å². The summed E-state index contributed by atoms with van der Waals surface area (Å²) in [5.41, 5.74) is 1.38. The van der Waals surface area contributed by atoms with Crippen LogP contribution in [-0.4, -0.2) is 66.5 Å². The summed E-state index contributed by atoms with van der Waals surface area (Å²) in [6.45, 7) is 7.12. The standard InChI is InChI=1S/C17H27N3O/c1-14-12-19(17(21)18(3)4)13-15(2)20(14)11-10-16-8-6-5-7-9-16/h5-9,14-15H,10-13H2,1-4H3. The van der Waals surface area contributed by atoms with E-state index in [4.69, 9.17) is 0 Å². The summed E-state index contributed by atoms with van der Waals surface area (Å²) < 4.78 is 0. The molecule has 2 amide bonds. The molecule has 0 aromatic heterocycles. The molecule has 0 N–H and O–H groups in total. The molecule has 116 valence electrons. The zero-order valence-electron chi connectivity index (χ0n) is 13.6. The maximum atomic E-state index is 12.1. The molecule has 4 nitrogen and oxygen atoms in total. The van der Waals surface area contributed by atoms with Crippen LogP contribution >= 0.6 is 0 Å². The highest BCUT2D eigenvalue weighted by molar-refractivity contribution is 5.74. The molecule has 1 saturated heterocycles. The van der Waals surface area contributed by atoms with Crippen LogP contribution in [0.5, 0.6) is 0 Å². The number of hydrogen-bond acceptors (Lipinski definition) is 2. The van der Waals surface area contributed by atoms with Gasteiger partial charge in [-0.05, 0) is 25.8 Å². The fraction of sp³-hybridized carbons (Fsp3) is 0.588. The molecule has 0 bridgehead atoms. The largest absolute Gasteiger partial charge is 0.331 e. The smallest absolute Gasteiger partial charge is 0.319 e. The Morgan fingerprint density at radius 1 is 1.14 bits per heavy atom. The highest BCUT2D eigenvalue weighted by atomic mass is 16.2. The van der Waals surface area contributed by atoms with Crippen molar-refractivity contribution in [2.45, 2.75) is 32.4 Å². The zero-order chi connectivity index (χ0) is 15.4. The van der Waals surface area contributed by atoms with Gasteiger partial charge in [0.1, 0.15) is 0 Å². The van der Waals surface area contributed by atoms with Crippen LogP contribution in [0.2, 0.25) is 0 Å². The average Bonchev–Trinajstić information content (AvgIpc) is 2.46. The molecule has 1 aromatic rings. The first-order chi connectivity index (χ1) is 9.99. The maximum Gasteiger partial charge on any atom is 0.319 e. The molecule has 1 aromatic carbocycles. The van der Waals surface area contributed by atoms with E-state index in [0.29, 0.717) is 12.1 Å². The molecule has 0 saturated carbocycles. The van der Waals surface area contributed by atoms with Crippen molar-refractivity contribution >= 4 is 6.03 Å². The van der Waals surface area contributed by atoms with Gasteiger partial charge in [0, 0.05) is 45.8 Å². The van der Waals surface area contributed by atoms with Crippen molar-refractivity contribution in [3.8, 4) is 0 Å². The number of rotatable bonds is 3. The molecule has 1 fully saturated rings. The Morgan fingerprint density at radius 3 is 2.24 bits per heavy atom. The molecular weight excluding hydrogens is 262 g/mol. The van der Waals surface area contributed by atoms with Gasteiger partial charge in [0.05, 0.1) is 0 Å². The van der Waals surface area contributed by atoms with Crippen LogP contribution in [0.1, 0.15) is 19.4 Å². The van der Waals surface area contributed by atoms with Crippen LogP contribution in [0, 0.1) is 0 Å². The van der Waals surface area contributed by atoms with Crippen molar-refractivity contribution in [3.63, 3.8) is 0 Å². The predicted molar refractivity (Wildman–Crippen MR) is 86.4 cm³/mol. The maximum absolute atomic E-state index is 12.1. The second kappa shape index (κ2) is 6.94. The summed E-state index contributed by atoms with van der Waals surface area (Å²) in [7, 11) is 3.64. The second-order valence-corrected chi connectivity index (χ2v) is 6.25. The Hall–Kier alpha value is -1.55. The zero-order valence-corrected chi connectivity index (χ0v) is 13.6. The van der Waals surface area contributed by atoms with E-state index in [9.17, 15) is 4.79 Å². The minimum Gasteiger partial charge on any atom is -0.331 e. The Bertz CT molecular complexity index is 448. The van der Waals surface area contributed by atoms with Crippen molar-refractivity contribution in [1.29, 1.82) is 0 Å². The van der Waals surface area contributed by atoms with Crippen LogP contribution in [-0.2, 0) is 6.42 Å². The predicted octanol–water partition coefficient (Wildman–Crippen LogP) is 2.31. The van der Waals surface area contributed by atoms with E-state index >= 15 is 0 Å². The van der Waals surface area contributed by atoms with Gasteiger partial charge in [-0.3, -0.25) is 4.90 Å². The molecule has 1 aliphatic rings. The van der Waals surface area contributed by atoms with E-state index in [0.717, 1.165) is 26.1 Å². The van der Waals surface area contributed by atoms with Gasteiger partial charge in [0.2, 0.25) is 0 Å². The summed E-state index contributed by atoms with van der Waals surface area (Å²) in [5.74, 6) is 0. The van der Waals surface area contributed by atoms with E-state index in [1.807, 2.05) is 19.0 Å². The highest BCUT2D eigenvalue weighted by Gasteiger charge is 2.31. The molecule has 21 heavy (non-hydrogen) atoms. The van der Waals surface area contributed by atoms with Crippen molar-refractivity contribution in [3.05, 3.63) is 35.9 Å². The lowest BCUT2D eigenvalue weighted by molar-refractivity contribution is 0.0495. The van der Waals surface area contributed by atoms with E-state index in [-0.39, 0.29) is 6.03 Å². The minimum absolute atomic E-state index is 0.122. The first-order valence-electron chi connectivity index (χ1n) is 7.75. The lowest BCUT2D eigenvalue weighted by Crippen LogP contribution is -2.59. The van der Waals surface area contributed by atoms with Crippen molar-refractivity contribution < 1.29 is 4.79 Å². The van der Waals surface area contributed by atoms with Crippen LogP contribution in [0.15, 0.2) is 30.3 Å². The summed E-state index contributed by atoms with van der Waals surface area (Å²) in [5, 5.41) is 0. The second-order valence-electron chi connectivity index (χ2n) is 6.25. The molecule has 0 aliphatic carbocycles. The summed E-state index contributed by atoms with van der Waals surface area (Å²) in [6, 6.07) is 11.5. The number of urea groups is 1. The lowest BCUT2D eigenvalue weighted by Gasteiger charge is -2.45. The number of hydrogen-bond donors (Lipinski definition) is 0. The third kappa shape index (κ3) is 3.97. The third-order valence-electron chi connectivity index (χ3n) is 4.26. The first kappa shape index (κ1) is 15.8. The first-order valence-corrected chi connectivity index (χ1v) is 7.75. The van der Waals surface area contributed by atoms with Gasteiger partial charge >= 0.3 is 6.03 Å². The van der Waals surface area contributed by atoms with Gasteiger partial charge in [-0.2, -0.15) is 0 Å². The molecule has 1 aliphatic heterocycles. The Balaban J connectivity index is 1.92. The van der Waals surface area contributed by atoms with Crippen molar-refractivity contribution in [1.82, 2.24) is 14.7 Å². The van der Waals surface area contributed by atoms with Gasteiger partial charge in [-0.1, -0.05) is 30.3 Å². The van der Waals surface area contributed by atoms with Crippen LogP contribution in [0.3, 0.4) is 0 Å². The molecule has 0 radical (unpaired) electrons. The minimum atomic E-state index is 0.122. The molecule has 4 heteroatoms. The number of amides is 2. The Labute approximate surface area is 128 Å². The van der Waals surface area contributed by atoms with Gasteiger partial charge in [-0.25, -0.2) is 4.79 Å². The third-order valence-corrected chi connectivity index (χ3v) is 4.26. The van der Waals surface area contributed by atoms with E-state index < -0.39 is 0 Å². The summed E-state index contributed by atoms with van der Waals surface area (Å²) >= 11 is 0. The number of nitrogens with zero attached hydrogens (tertiary/aromatic N) is 3. The topological polar surface area (TPSA) is 26.8 Å². The molecule has 2 unspecified atom stereocenters.